The predicted molar refractivity (Wildman–Crippen MR) is 161 cm³/mol. The number of carboxylic acid groups (broad SMARTS) is 1. The molecule has 0 saturated carbocycles. The van der Waals surface area contributed by atoms with E-state index in [1.165, 1.54) is 5.57 Å². The van der Waals surface area contributed by atoms with Gasteiger partial charge in [-0.1, -0.05) is 63.3 Å². The number of aliphatic carboxylic acids is 1. The Hall–Kier alpha value is -3.05. The minimum Gasteiger partial charge on any atom is -0.481 e. The Morgan fingerprint density at radius 2 is 1.85 bits per heavy atom. The van der Waals surface area contributed by atoms with Crippen molar-refractivity contribution < 1.29 is 24.2 Å². The molecule has 1 aromatic carbocycles. The first-order valence-corrected chi connectivity index (χ1v) is 18.3. The second kappa shape index (κ2) is 14.2. The minimum atomic E-state index is -1.23. The summed E-state index contributed by atoms with van der Waals surface area (Å²) in [6.07, 6.45) is 4.29. The molecule has 0 fully saturated rings. The number of benzene rings is 1. The maximum Gasteiger partial charge on any atom is 0.410 e. The summed E-state index contributed by atoms with van der Waals surface area (Å²) in [6, 6.07) is 9.27. The van der Waals surface area contributed by atoms with Crippen LogP contribution in [0.3, 0.4) is 0 Å². The molecule has 0 bridgehead atoms. The first-order valence-electron chi connectivity index (χ1n) is 14.6. The monoisotopic (exact) mass is 585 g/mol. The summed E-state index contributed by atoms with van der Waals surface area (Å²) < 4.78 is 13.0. The van der Waals surface area contributed by atoms with Crippen molar-refractivity contribution in [1.29, 1.82) is 0 Å². The normalized spacial score (nSPS) is 15.8. The van der Waals surface area contributed by atoms with Gasteiger partial charge in [0.05, 0.1) is 5.92 Å². The highest BCUT2D eigenvalue weighted by molar-refractivity contribution is 6.76. The lowest BCUT2D eigenvalue weighted by molar-refractivity contribution is -0.143. The molecule has 1 aliphatic rings. The number of tetrazole rings is 1. The number of hydrogen-bond acceptors (Lipinski definition) is 7. The molecule has 11 heteroatoms. The highest BCUT2D eigenvalue weighted by atomic mass is 28.3. The molecule has 0 aliphatic carbocycles. The molecule has 3 rings (SSSR count). The Morgan fingerprint density at radius 1 is 1.15 bits per heavy atom. The zero-order valence-corrected chi connectivity index (χ0v) is 26.7. The number of aromatic nitrogens is 4. The summed E-state index contributed by atoms with van der Waals surface area (Å²) in [7, 11) is -1.23. The summed E-state index contributed by atoms with van der Waals surface area (Å²) in [4.78, 5) is 26.5. The molecule has 0 radical (unpaired) electrons. The van der Waals surface area contributed by atoms with Crippen molar-refractivity contribution in [2.24, 2.45) is 5.92 Å². The highest BCUT2D eigenvalue weighted by Gasteiger charge is 2.33. The van der Waals surface area contributed by atoms with Crippen LogP contribution in [0.4, 0.5) is 4.79 Å². The largest absolute Gasteiger partial charge is 0.481 e. The molecule has 1 aromatic heterocycles. The number of hydrogen-bond donors (Lipinski definition) is 1. The van der Waals surface area contributed by atoms with Crippen LogP contribution in [0.5, 0.6) is 0 Å². The lowest BCUT2D eigenvalue weighted by atomic mass is 9.83. The van der Waals surface area contributed by atoms with Crippen molar-refractivity contribution >= 4 is 25.7 Å². The Bertz CT molecular complexity index is 1180. The number of nitrogens with zero attached hydrogens (tertiary/aromatic N) is 5. The summed E-state index contributed by atoms with van der Waals surface area (Å²) in [6.45, 7) is 16.4. The maximum absolute atomic E-state index is 12.4. The van der Waals surface area contributed by atoms with Gasteiger partial charge >= 0.3 is 12.1 Å². The smallest absolute Gasteiger partial charge is 0.410 e. The van der Waals surface area contributed by atoms with Crippen LogP contribution in [-0.4, -0.2) is 75.6 Å². The third-order valence-corrected chi connectivity index (χ3v) is 8.85. The molecule has 1 unspecified atom stereocenters. The molecule has 226 valence electrons. The number of carboxylic acids is 1. The van der Waals surface area contributed by atoms with Crippen LogP contribution in [0.15, 0.2) is 30.3 Å². The Kier molecular flexibility index (Phi) is 11.3. The third-order valence-electron chi connectivity index (χ3n) is 7.14. The molecule has 0 saturated heterocycles. The topological polar surface area (TPSA) is 120 Å². The zero-order chi connectivity index (χ0) is 30.2. The summed E-state index contributed by atoms with van der Waals surface area (Å²) >= 11 is 0. The van der Waals surface area contributed by atoms with Crippen molar-refractivity contribution in [3.8, 4) is 0 Å². The molecule has 1 N–H and O–H groups in total. The van der Waals surface area contributed by atoms with Crippen LogP contribution in [0, 0.1) is 5.92 Å². The molecule has 2 aromatic rings. The number of ether oxygens (including phenoxy) is 2. The van der Waals surface area contributed by atoms with Gasteiger partial charge in [0.2, 0.25) is 0 Å². The first kappa shape index (κ1) is 32.5. The number of amides is 1. The van der Waals surface area contributed by atoms with Crippen molar-refractivity contribution in [3.63, 3.8) is 0 Å². The fraction of sp³-hybridized carbons (Fsp3) is 0.633. The van der Waals surface area contributed by atoms with E-state index in [-0.39, 0.29) is 12.8 Å². The zero-order valence-electron chi connectivity index (χ0n) is 25.7. The van der Waals surface area contributed by atoms with Gasteiger partial charge in [-0.2, -0.15) is 0 Å². The van der Waals surface area contributed by atoms with E-state index in [2.05, 4.69) is 53.4 Å². The summed E-state index contributed by atoms with van der Waals surface area (Å²) in [5.74, 6) is -1.32. The van der Waals surface area contributed by atoms with Gasteiger partial charge in [0.1, 0.15) is 12.3 Å². The SMILES string of the molecule is CCCC(C(=O)O)[C@H](Cc1ccc(C2=CCN(C(=O)OC(C)(C)C)CC2)cc1)c1nnnn1COCC[Si](C)(C)C. The highest BCUT2D eigenvalue weighted by Crippen LogP contribution is 2.32. The summed E-state index contributed by atoms with van der Waals surface area (Å²) in [5, 5.41) is 22.4. The van der Waals surface area contributed by atoms with Gasteiger partial charge in [-0.05, 0) is 73.2 Å². The van der Waals surface area contributed by atoms with Gasteiger partial charge in [0.15, 0.2) is 5.82 Å². The molecule has 1 aliphatic heterocycles. The molecule has 1 amide bonds. The summed E-state index contributed by atoms with van der Waals surface area (Å²) in [5.41, 5.74) is 2.78. The van der Waals surface area contributed by atoms with Gasteiger partial charge < -0.3 is 19.5 Å². The fourth-order valence-corrected chi connectivity index (χ4v) is 5.61. The Morgan fingerprint density at radius 3 is 2.41 bits per heavy atom. The van der Waals surface area contributed by atoms with E-state index < -0.39 is 31.5 Å². The molecular formula is C30H47N5O5Si. The van der Waals surface area contributed by atoms with Gasteiger partial charge in [-0.3, -0.25) is 4.79 Å². The Balaban J connectivity index is 1.74. The van der Waals surface area contributed by atoms with Gasteiger partial charge in [-0.15, -0.1) is 5.10 Å². The average molecular weight is 586 g/mol. The molecule has 41 heavy (non-hydrogen) atoms. The van der Waals surface area contributed by atoms with E-state index in [0.29, 0.717) is 38.4 Å². The van der Waals surface area contributed by atoms with Crippen molar-refractivity contribution in [2.45, 2.75) is 97.3 Å². The van der Waals surface area contributed by atoms with Crippen LogP contribution >= 0.6 is 0 Å². The van der Waals surface area contributed by atoms with Crippen LogP contribution in [0.2, 0.25) is 25.7 Å². The maximum atomic E-state index is 12.4. The average Bonchev–Trinajstić information content (AvgIpc) is 3.36. The third kappa shape index (κ3) is 10.1. The molecule has 2 heterocycles. The van der Waals surface area contributed by atoms with Crippen LogP contribution in [-0.2, 0) is 27.4 Å². The van der Waals surface area contributed by atoms with E-state index in [1.807, 2.05) is 39.8 Å². The van der Waals surface area contributed by atoms with Crippen LogP contribution in [0.1, 0.15) is 69.8 Å². The lowest BCUT2D eigenvalue weighted by Gasteiger charge is -2.29. The second-order valence-electron chi connectivity index (χ2n) is 13.0. The van der Waals surface area contributed by atoms with E-state index >= 15 is 0 Å². The van der Waals surface area contributed by atoms with Crippen molar-refractivity contribution in [3.05, 3.63) is 47.3 Å². The number of carbonyl (C=O) groups excluding carboxylic acids is 1. The second-order valence-corrected chi connectivity index (χ2v) is 18.7. The quantitative estimate of drug-likeness (QED) is 0.230. The molecular weight excluding hydrogens is 538 g/mol. The standard InChI is InChI=1S/C30H47N5O5Si/c1-8-9-25(28(36)37)26(27-31-32-33-35(27)21-39-18-19-41(5,6)7)20-22-10-12-23(13-11-22)24-14-16-34(17-15-24)29(38)40-30(2,3)4/h10-14,25-26H,8-9,15-21H2,1-7H3,(H,36,37)/t25?,26-/m0/s1. The molecule has 0 spiro atoms. The van der Waals surface area contributed by atoms with Gasteiger partial charge in [0, 0.05) is 33.7 Å². The van der Waals surface area contributed by atoms with Gasteiger partial charge in [0.25, 0.3) is 0 Å². The predicted octanol–water partition coefficient (Wildman–Crippen LogP) is 5.84. The van der Waals surface area contributed by atoms with Gasteiger partial charge in [-0.25, -0.2) is 9.48 Å². The van der Waals surface area contributed by atoms with E-state index in [4.69, 9.17) is 9.47 Å². The van der Waals surface area contributed by atoms with E-state index in [9.17, 15) is 14.7 Å². The van der Waals surface area contributed by atoms with Crippen molar-refractivity contribution in [2.75, 3.05) is 19.7 Å². The van der Waals surface area contributed by atoms with Crippen LogP contribution in [0.25, 0.3) is 5.57 Å². The molecule has 2 atom stereocenters. The first-order chi connectivity index (χ1) is 19.3. The van der Waals surface area contributed by atoms with E-state index in [0.717, 1.165) is 30.0 Å². The fourth-order valence-electron chi connectivity index (χ4n) is 4.85. The lowest BCUT2D eigenvalue weighted by Crippen LogP contribution is -2.39. The minimum absolute atomic E-state index is 0.204. The van der Waals surface area contributed by atoms with Crippen LogP contribution < -0.4 is 0 Å². The Labute approximate surface area is 245 Å². The number of carbonyl (C=O) groups is 2. The molecule has 10 nitrogen and oxygen atoms in total. The number of rotatable bonds is 13. The van der Waals surface area contributed by atoms with Crippen molar-refractivity contribution in [1.82, 2.24) is 25.1 Å². The van der Waals surface area contributed by atoms with E-state index in [1.54, 1.807) is 9.58 Å².